The second kappa shape index (κ2) is 12.2. The standard InChI is InChI=1S/C29H29N7O5/c1-41-23-7-5-6-21(18-23)24-25(19-8-10-22(11-9-19)35-16-3-2-4-17-35)33-36(34-29(39)40)26(24)28(38)32-31-27(37)20-12-14-30-15-13-20/h5-15,18,34H,2-4,16-17H2,1H3,(H,31,37)(H,32,38)(H,39,40). The van der Waals surface area contributed by atoms with Gasteiger partial charge in [0.1, 0.15) is 11.4 Å². The number of rotatable bonds is 7. The summed E-state index contributed by atoms with van der Waals surface area (Å²) in [5.41, 5.74) is 10.1. The summed E-state index contributed by atoms with van der Waals surface area (Å²) in [7, 11) is 1.52. The topological polar surface area (TPSA) is 151 Å². The fourth-order valence-corrected chi connectivity index (χ4v) is 4.78. The molecular formula is C29H29N7O5. The number of nitrogens with zero attached hydrogens (tertiary/aromatic N) is 4. The lowest BCUT2D eigenvalue weighted by molar-refractivity contribution is 0.0841. The van der Waals surface area contributed by atoms with Crippen molar-refractivity contribution in [2.45, 2.75) is 19.3 Å². The number of hydrogen-bond acceptors (Lipinski definition) is 7. The third-order valence-corrected chi connectivity index (χ3v) is 6.75. The van der Waals surface area contributed by atoms with E-state index in [0.29, 0.717) is 28.1 Å². The summed E-state index contributed by atoms with van der Waals surface area (Å²) in [6, 6.07) is 17.8. The number of nitrogens with one attached hydrogen (secondary N) is 3. The van der Waals surface area contributed by atoms with E-state index in [1.54, 1.807) is 24.3 Å². The maximum absolute atomic E-state index is 13.6. The van der Waals surface area contributed by atoms with Crippen LogP contribution in [0.3, 0.4) is 0 Å². The Kier molecular flexibility index (Phi) is 8.09. The Labute approximate surface area is 235 Å². The molecule has 2 aromatic carbocycles. The van der Waals surface area contributed by atoms with Gasteiger partial charge in [-0.05, 0) is 61.2 Å². The third-order valence-electron chi connectivity index (χ3n) is 6.75. The Morgan fingerprint density at radius 3 is 2.27 bits per heavy atom. The van der Waals surface area contributed by atoms with Crippen LogP contribution in [0, 0.1) is 0 Å². The first-order valence-electron chi connectivity index (χ1n) is 13.1. The normalized spacial score (nSPS) is 12.9. The van der Waals surface area contributed by atoms with Crippen LogP contribution in [-0.4, -0.2) is 58.1 Å². The van der Waals surface area contributed by atoms with Crippen LogP contribution < -0.4 is 25.9 Å². The molecule has 0 saturated carbocycles. The van der Waals surface area contributed by atoms with Crippen LogP contribution in [0.4, 0.5) is 10.5 Å². The molecule has 3 heterocycles. The van der Waals surface area contributed by atoms with Gasteiger partial charge in [0, 0.05) is 47.9 Å². The number of pyridine rings is 1. The maximum atomic E-state index is 13.6. The fraction of sp³-hybridized carbons (Fsp3) is 0.207. The van der Waals surface area contributed by atoms with Gasteiger partial charge in [-0.15, -0.1) is 0 Å². The second-order valence-electron chi connectivity index (χ2n) is 9.37. The molecule has 4 aromatic rings. The van der Waals surface area contributed by atoms with Crippen molar-refractivity contribution >= 4 is 23.6 Å². The first kappa shape index (κ1) is 27.2. The average Bonchev–Trinajstić information content (AvgIpc) is 3.39. The molecule has 210 valence electrons. The van der Waals surface area contributed by atoms with Gasteiger partial charge >= 0.3 is 6.09 Å². The van der Waals surface area contributed by atoms with E-state index in [-0.39, 0.29) is 11.3 Å². The van der Waals surface area contributed by atoms with Crippen molar-refractivity contribution in [2.75, 3.05) is 30.5 Å². The van der Waals surface area contributed by atoms with Gasteiger partial charge < -0.3 is 14.7 Å². The smallest absolute Gasteiger partial charge is 0.425 e. The SMILES string of the molecule is COc1cccc(-c2c(-c3ccc(N4CCCCC4)cc3)nn(NC(=O)O)c2C(=O)NNC(=O)c2ccncc2)c1. The van der Waals surface area contributed by atoms with Crippen LogP contribution in [-0.2, 0) is 0 Å². The minimum Gasteiger partial charge on any atom is -0.497 e. The number of amides is 3. The molecule has 1 aliphatic heterocycles. The Hall–Kier alpha value is -5.39. The Balaban J connectivity index is 1.57. The molecule has 12 nitrogen and oxygen atoms in total. The van der Waals surface area contributed by atoms with Gasteiger partial charge in [0.15, 0.2) is 5.69 Å². The van der Waals surface area contributed by atoms with Crippen LogP contribution in [0.1, 0.15) is 40.1 Å². The number of hydrazine groups is 1. The first-order valence-corrected chi connectivity index (χ1v) is 13.1. The van der Waals surface area contributed by atoms with Crippen molar-refractivity contribution in [3.63, 3.8) is 0 Å². The highest BCUT2D eigenvalue weighted by molar-refractivity contribution is 6.05. The van der Waals surface area contributed by atoms with E-state index in [1.807, 2.05) is 24.3 Å². The van der Waals surface area contributed by atoms with Gasteiger partial charge in [-0.25, -0.2) is 10.2 Å². The molecule has 5 rings (SSSR count). The van der Waals surface area contributed by atoms with E-state index in [0.717, 1.165) is 36.4 Å². The summed E-state index contributed by atoms with van der Waals surface area (Å²) in [5.74, 6) is -0.831. The summed E-state index contributed by atoms with van der Waals surface area (Å²) in [5, 5.41) is 14.0. The van der Waals surface area contributed by atoms with Crippen LogP contribution >= 0.6 is 0 Å². The zero-order valence-electron chi connectivity index (χ0n) is 22.3. The van der Waals surface area contributed by atoms with Crippen molar-refractivity contribution in [1.29, 1.82) is 0 Å². The summed E-state index contributed by atoms with van der Waals surface area (Å²) < 4.78 is 5.40. The number of hydrogen-bond donors (Lipinski definition) is 4. The lowest BCUT2D eigenvalue weighted by Crippen LogP contribution is -2.43. The molecule has 0 atom stereocenters. The van der Waals surface area contributed by atoms with Crippen LogP contribution in [0.5, 0.6) is 5.75 Å². The van der Waals surface area contributed by atoms with E-state index < -0.39 is 17.9 Å². The van der Waals surface area contributed by atoms with Crippen LogP contribution in [0.15, 0.2) is 73.1 Å². The van der Waals surface area contributed by atoms with Gasteiger partial charge in [0.25, 0.3) is 11.8 Å². The highest BCUT2D eigenvalue weighted by Crippen LogP contribution is 2.36. The number of benzene rings is 2. The van der Waals surface area contributed by atoms with Gasteiger partial charge in [-0.1, -0.05) is 24.3 Å². The molecule has 1 aliphatic rings. The average molecular weight is 556 g/mol. The third kappa shape index (κ3) is 6.11. The second-order valence-corrected chi connectivity index (χ2v) is 9.37. The Bertz CT molecular complexity index is 1550. The lowest BCUT2D eigenvalue weighted by atomic mass is 9.98. The quantitative estimate of drug-likeness (QED) is 0.251. The predicted octanol–water partition coefficient (Wildman–Crippen LogP) is 3.91. The van der Waals surface area contributed by atoms with E-state index in [9.17, 15) is 19.5 Å². The molecule has 4 N–H and O–H groups in total. The molecule has 2 aromatic heterocycles. The first-order chi connectivity index (χ1) is 19.9. The molecule has 12 heteroatoms. The van der Waals surface area contributed by atoms with Gasteiger partial charge in [-0.3, -0.25) is 25.4 Å². The van der Waals surface area contributed by atoms with Crippen molar-refractivity contribution in [3.05, 3.63) is 84.3 Å². The number of ether oxygens (including phenoxy) is 1. The number of piperidine rings is 1. The zero-order valence-corrected chi connectivity index (χ0v) is 22.3. The molecule has 3 amide bonds. The zero-order chi connectivity index (χ0) is 28.8. The largest absolute Gasteiger partial charge is 0.497 e. The number of carboxylic acid groups (broad SMARTS) is 1. The molecule has 0 spiro atoms. The van der Waals surface area contributed by atoms with Crippen LogP contribution in [0.25, 0.3) is 22.4 Å². The summed E-state index contributed by atoms with van der Waals surface area (Å²) in [4.78, 5) is 44.9. The number of carbonyl (C=O) groups is 3. The molecule has 0 unspecified atom stereocenters. The van der Waals surface area contributed by atoms with Crippen molar-refractivity contribution in [1.82, 2.24) is 25.7 Å². The van der Waals surface area contributed by atoms with Crippen molar-refractivity contribution in [3.8, 4) is 28.1 Å². The summed E-state index contributed by atoms with van der Waals surface area (Å²) in [6.07, 6.45) is 4.98. The molecular weight excluding hydrogens is 526 g/mol. The fourth-order valence-electron chi connectivity index (χ4n) is 4.78. The van der Waals surface area contributed by atoms with Gasteiger partial charge in [0.2, 0.25) is 0 Å². The number of methoxy groups -OCH3 is 1. The highest BCUT2D eigenvalue weighted by atomic mass is 16.5. The number of anilines is 1. The lowest BCUT2D eigenvalue weighted by Gasteiger charge is -2.28. The summed E-state index contributed by atoms with van der Waals surface area (Å²) in [6.45, 7) is 1.97. The van der Waals surface area contributed by atoms with Crippen LogP contribution in [0.2, 0.25) is 0 Å². The minimum absolute atomic E-state index is 0.134. The Morgan fingerprint density at radius 1 is 0.878 bits per heavy atom. The highest BCUT2D eigenvalue weighted by Gasteiger charge is 2.28. The molecule has 1 fully saturated rings. The molecule has 41 heavy (non-hydrogen) atoms. The molecule has 0 bridgehead atoms. The molecule has 0 aliphatic carbocycles. The Morgan fingerprint density at radius 2 is 1.59 bits per heavy atom. The maximum Gasteiger partial charge on any atom is 0.425 e. The monoisotopic (exact) mass is 555 g/mol. The summed E-state index contributed by atoms with van der Waals surface area (Å²) >= 11 is 0. The van der Waals surface area contributed by atoms with E-state index >= 15 is 0 Å². The van der Waals surface area contributed by atoms with E-state index in [1.165, 1.54) is 38.1 Å². The predicted molar refractivity (Wildman–Crippen MR) is 152 cm³/mol. The van der Waals surface area contributed by atoms with E-state index in [4.69, 9.17) is 4.74 Å². The van der Waals surface area contributed by atoms with Gasteiger partial charge in [-0.2, -0.15) is 9.89 Å². The van der Waals surface area contributed by atoms with Gasteiger partial charge in [0.05, 0.1) is 7.11 Å². The van der Waals surface area contributed by atoms with Crippen molar-refractivity contribution < 1.29 is 24.2 Å². The van der Waals surface area contributed by atoms with E-state index in [2.05, 4.69) is 31.3 Å². The molecule has 1 saturated heterocycles. The number of carbonyl (C=O) groups excluding carboxylic acids is 2. The molecule has 0 radical (unpaired) electrons. The van der Waals surface area contributed by atoms with Crippen molar-refractivity contribution in [2.24, 2.45) is 0 Å². The minimum atomic E-state index is -1.42. The number of aromatic nitrogens is 3.